The number of rotatable bonds is 7. The molecule has 0 aromatic heterocycles. The number of hydrogen-bond donors (Lipinski definition) is 3. The SMILES string of the molecule is CCC(C)[C@H](NC(=O)NCCC1CCN(C)CC1)C(=O)O. The Morgan fingerprint density at radius 3 is 2.48 bits per heavy atom. The Bertz CT molecular complexity index is 341. The number of nitrogens with zero attached hydrogens (tertiary/aromatic N) is 1. The van der Waals surface area contributed by atoms with Crippen molar-refractivity contribution in [3.05, 3.63) is 0 Å². The maximum absolute atomic E-state index is 11.8. The van der Waals surface area contributed by atoms with Crippen LogP contribution in [-0.2, 0) is 4.79 Å². The average molecular weight is 299 g/mol. The van der Waals surface area contributed by atoms with Gasteiger partial charge in [0.15, 0.2) is 0 Å². The third-order valence-corrected chi connectivity index (χ3v) is 4.44. The molecule has 6 nitrogen and oxygen atoms in total. The van der Waals surface area contributed by atoms with Gasteiger partial charge in [0.1, 0.15) is 6.04 Å². The maximum Gasteiger partial charge on any atom is 0.326 e. The van der Waals surface area contributed by atoms with E-state index in [2.05, 4.69) is 22.6 Å². The van der Waals surface area contributed by atoms with Crippen LogP contribution in [0, 0.1) is 11.8 Å². The van der Waals surface area contributed by atoms with Crippen LogP contribution in [0.25, 0.3) is 0 Å². The topological polar surface area (TPSA) is 81.7 Å². The van der Waals surface area contributed by atoms with E-state index in [1.54, 1.807) is 0 Å². The highest BCUT2D eigenvalue weighted by molar-refractivity contribution is 5.82. The second-order valence-corrected chi connectivity index (χ2v) is 6.14. The molecule has 2 atom stereocenters. The molecule has 1 aliphatic rings. The largest absolute Gasteiger partial charge is 0.480 e. The molecule has 0 spiro atoms. The van der Waals surface area contributed by atoms with Crippen molar-refractivity contribution in [3.63, 3.8) is 0 Å². The van der Waals surface area contributed by atoms with Gasteiger partial charge in [-0.15, -0.1) is 0 Å². The minimum absolute atomic E-state index is 0.0814. The predicted octanol–water partition coefficient (Wildman–Crippen LogP) is 1.52. The Kier molecular flexibility index (Phi) is 7.50. The number of aliphatic carboxylic acids is 1. The van der Waals surface area contributed by atoms with Gasteiger partial charge in [-0.3, -0.25) is 0 Å². The van der Waals surface area contributed by atoms with Gasteiger partial charge in [0.05, 0.1) is 0 Å². The van der Waals surface area contributed by atoms with Crippen molar-refractivity contribution < 1.29 is 14.7 Å². The number of carboxylic acid groups (broad SMARTS) is 1. The standard InChI is InChI=1S/C15H29N3O3/c1-4-11(2)13(14(19)20)17-15(21)16-8-5-12-6-9-18(3)10-7-12/h11-13H,4-10H2,1-3H3,(H,19,20)(H2,16,17,21)/t11?,13-/m0/s1. The van der Waals surface area contributed by atoms with Crippen LogP contribution in [0.5, 0.6) is 0 Å². The molecule has 0 aromatic carbocycles. The van der Waals surface area contributed by atoms with Gasteiger partial charge in [-0.2, -0.15) is 0 Å². The van der Waals surface area contributed by atoms with Gasteiger partial charge in [-0.05, 0) is 51.2 Å². The summed E-state index contributed by atoms with van der Waals surface area (Å²) >= 11 is 0. The number of piperidine rings is 1. The number of likely N-dealkylation sites (tertiary alicyclic amines) is 1. The molecular formula is C15H29N3O3. The maximum atomic E-state index is 11.8. The molecule has 0 aromatic rings. The van der Waals surface area contributed by atoms with Crippen LogP contribution < -0.4 is 10.6 Å². The van der Waals surface area contributed by atoms with E-state index in [1.165, 1.54) is 12.8 Å². The van der Waals surface area contributed by atoms with Gasteiger partial charge >= 0.3 is 12.0 Å². The van der Waals surface area contributed by atoms with Gasteiger partial charge in [0.2, 0.25) is 0 Å². The van der Waals surface area contributed by atoms with E-state index in [4.69, 9.17) is 5.11 Å². The van der Waals surface area contributed by atoms with Crippen molar-refractivity contribution in [3.8, 4) is 0 Å². The summed E-state index contributed by atoms with van der Waals surface area (Å²) < 4.78 is 0. The molecule has 1 rings (SSSR count). The number of hydrogen-bond acceptors (Lipinski definition) is 3. The minimum Gasteiger partial charge on any atom is -0.480 e. The Hall–Kier alpha value is -1.30. The number of carboxylic acids is 1. The van der Waals surface area contributed by atoms with Crippen molar-refractivity contribution in [1.29, 1.82) is 0 Å². The summed E-state index contributed by atoms with van der Waals surface area (Å²) in [6.07, 6.45) is 4.02. The fourth-order valence-corrected chi connectivity index (χ4v) is 2.62. The first-order valence-electron chi connectivity index (χ1n) is 7.89. The van der Waals surface area contributed by atoms with Crippen molar-refractivity contribution in [2.45, 2.75) is 45.6 Å². The van der Waals surface area contributed by atoms with Crippen LogP contribution in [0.4, 0.5) is 4.79 Å². The smallest absolute Gasteiger partial charge is 0.326 e. The van der Waals surface area contributed by atoms with E-state index in [0.717, 1.165) is 19.5 Å². The van der Waals surface area contributed by atoms with Gasteiger partial charge < -0.3 is 20.6 Å². The first-order chi connectivity index (χ1) is 9.93. The van der Waals surface area contributed by atoms with Gasteiger partial charge in [0, 0.05) is 6.54 Å². The van der Waals surface area contributed by atoms with Crippen molar-refractivity contribution in [1.82, 2.24) is 15.5 Å². The Morgan fingerprint density at radius 2 is 1.95 bits per heavy atom. The first-order valence-corrected chi connectivity index (χ1v) is 7.89. The second kappa shape index (κ2) is 8.87. The molecular weight excluding hydrogens is 270 g/mol. The van der Waals surface area contributed by atoms with Crippen LogP contribution in [-0.4, -0.2) is 54.7 Å². The lowest BCUT2D eigenvalue weighted by Crippen LogP contribution is -2.49. The predicted molar refractivity (Wildman–Crippen MR) is 82.3 cm³/mol. The molecule has 0 radical (unpaired) electrons. The Balaban J connectivity index is 2.25. The van der Waals surface area contributed by atoms with Crippen LogP contribution in [0.2, 0.25) is 0 Å². The van der Waals surface area contributed by atoms with Gasteiger partial charge in [-0.1, -0.05) is 20.3 Å². The van der Waals surface area contributed by atoms with E-state index in [-0.39, 0.29) is 11.9 Å². The first kappa shape index (κ1) is 17.8. The fraction of sp³-hybridized carbons (Fsp3) is 0.867. The number of urea groups is 1. The van der Waals surface area contributed by atoms with E-state index in [1.807, 2.05) is 13.8 Å². The average Bonchev–Trinajstić information content (AvgIpc) is 2.45. The minimum atomic E-state index is -0.977. The zero-order chi connectivity index (χ0) is 15.8. The quantitative estimate of drug-likeness (QED) is 0.665. The zero-order valence-corrected chi connectivity index (χ0v) is 13.4. The molecule has 2 amide bonds. The molecule has 1 heterocycles. The third-order valence-electron chi connectivity index (χ3n) is 4.44. The summed E-state index contributed by atoms with van der Waals surface area (Å²) in [5.41, 5.74) is 0. The van der Waals surface area contributed by atoms with E-state index < -0.39 is 12.0 Å². The Morgan fingerprint density at radius 1 is 1.33 bits per heavy atom. The lowest BCUT2D eigenvalue weighted by atomic mass is 9.94. The number of carbonyl (C=O) groups is 2. The number of amides is 2. The zero-order valence-electron chi connectivity index (χ0n) is 13.4. The molecule has 1 saturated heterocycles. The summed E-state index contributed by atoms with van der Waals surface area (Å²) in [5.74, 6) is -0.400. The normalized spacial score (nSPS) is 19.8. The summed E-state index contributed by atoms with van der Waals surface area (Å²) in [5, 5.41) is 14.5. The van der Waals surface area contributed by atoms with E-state index >= 15 is 0 Å². The molecule has 21 heavy (non-hydrogen) atoms. The van der Waals surface area contributed by atoms with Crippen LogP contribution in [0.3, 0.4) is 0 Å². The highest BCUT2D eigenvalue weighted by Crippen LogP contribution is 2.18. The fourth-order valence-electron chi connectivity index (χ4n) is 2.62. The van der Waals surface area contributed by atoms with Crippen LogP contribution in [0.15, 0.2) is 0 Å². The van der Waals surface area contributed by atoms with Crippen molar-refractivity contribution >= 4 is 12.0 Å². The summed E-state index contributed by atoms with van der Waals surface area (Å²) in [4.78, 5) is 25.2. The van der Waals surface area contributed by atoms with Crippen molar-refractivity contribution in [2.75, 3.05) is 26.7 Å². The van der Waals surface area contributed by atoms with E-state index in [9.17, 15) is 9.59 Å². The van der Waals surface area contributed by atoms with Crippen molar-refractivity contribution in [2.24, 2.45) is 11.8 Å². The summed E-state index contributed by atoms with van der Waals surface area (Å²) in [7, 11) is 2.13. The highest BCUT2D eigenvalue weighted by atomic mass is 16.4. The molecule has 1 unspecified atom stereocenters. The van der Waals surface area contributed by atoms with Crippen LogP contribution >= 0.6 is 0 Å². The molecule has 0 bridgehead atoms. The molecule has 1 aliphatic heterocycles. The number of nitrogens with one attached hydrogen (secondary N) is 2. The molecule has 3 N–H and O–H groups in total. The summed E-state index contributed by atoms with van der Waals surface area (Å²) in [6, 6.07) is -1.20. The Labute approximate surface area is 127 Å². The number of carbonyl (C=O) groups excluding carboxylic acids is 1. The van der Waals surface area contributed by atoms with E-state index in [0.29, 0.717) is 18.9 Å². The third kappa shape index (κ3) is 6.33. The molecule has 0 saturated carbocycles. The van der Waals surface area contributed by atoms with Gasteiger partial charge in [-0.25, -0.2) is 9.59 Å². The molecule has 1 fully saturated rings. The lowest BCUT2D eigenvalue weighted by molar-refractivity contribution is -0.140. The lowest BCUT2D eigenvalue weighted by Gasteiger charge is -2.29. The van der Waals surface area contributed by atoms with Crippen LogP contribution in [0.1, 0.15) is 39.5 Å². The summed E-state index contributed by atoms with van der Waals surface area (Å²) in [6.45, 7) is 6.59. The molecule has 6 heteroatoms. The molecule has 0 aliphatic carbocycles. The molecule has 122 valence electrons. The monoisotopic (exact) mass is 299 g/mol. The highest BCUT2D eigenvalue weighted by Gasteiger charge is 2.25. The van der Waals surface area contributed by atoms with Gasteiger partial charge in [0.25, 0.3) is 0 Å². The second-order valence-electron chi connectivity index (χ2n) is 6.14.